The molecule has 3 heteroatoms. The van der Waals surface area contributed by atoms with Gasteiger partial charge in [0.15, 0.2) is 0 Å². The number of halogens is 1. The third-order valence-corrected chi connectivity index (χ3v) is 2.52. The number of hydrogen-bond acceptors (Lipinski definition) is 2. The molecule has 2 nitrogen and oxygen atoms in total. The number of alkyl halides is 1. The van der Waals surface area contributed by atoms with Crippen LogP contribution < -0.4 is 5.32 Å². The molecule has 1 N–H and O–H groups in total. The van der Waals surface area contributed by atoms with E-state index in [1.807, 2.05) is 0 Å². The van der Waals surface area contributed by atoms with E-state index in [4.69, 9.17) is 16.3 Å². The van der Waals surface area contributed by atoms with E-state index in [0.29, 0.717) is 6.61 Å². The molecule has 0 aliphatic rings. The summed E-state index contributed by atoms with van der Waals surface area (Å²) in [4.78, 5) is 0. The number of rotatable bonds is 8. The maximum atomic E-state index is 5.97. The summed E-state index contributed by atoms with van der Waals surface area (Å²) in [6.07, 6.45) is 2.21. The summed E-state index contributed by atoms with van der Waals surface area (Å²) in [6, 6.07) is 0. The van der Waals surface area contributed by atoms with Crippen LogP contribution in [0.1, 0.15) is 26.7 Å². The predicted molar refractivity (Wildman–Crippen MR) is 58.5 cm³/mol. The smallest absolute Gasteiger partial charge is 0.0626 e. The van der Waals surface area contributed by atoms with Crippen molar-refractivity contribution in [3.05, 3.63) is 0 Å². The Kier molecular flexibility index (Phi) is 8.93. The number of hydrogen-bond donors (Lipinski definition) is 1. The van der Waals surface area contributed by atoms with Gasteiger partial charge >= 0.3 is 0 Å². The van der Waals surface area contributed by atoms with Gasteiger partial charge in [-0.3, -0.25) is 0 Å². The molecule has 0 aliphatic heterocycles. The summed E-state index contributed by atoms with van der Waals surface area (Å²) in [6.45, 7) is 7.18. The monoisotopic (exact) mass is 207 g/mol. The molecule has 0 radical (unpaired) electrons. The van der Waals surface area contributed by atoms with Gasteiger partial charge in [0, 0.05) is 7.11 Å². The second-order valence-electron chi connectivity index (χ2n) is 3.56. The molecule has 0 rings (SSSR count). The van der Waals surface area contributed by atoms with Crippen LogP contribution in [0.2, 0.25) is 0 Å². The Bertz CT molecular complexity index is 111. The largest absolute Gasteiger partial charge is 0.383 e. The Morgan fingerprint density at radius 1 is 1.46 bits per heavy atom. The lowest BCUT2D eigenvalue weighted by Crippen LogP contribution is -2.24. The van der Waals surface area contributed by atoms with Gasteiger partial charge in [0.05, 0.1) is 12.0 Å². The standard InChI is InChI=1S/C10H22ClNO/c1-4-9(2)7-12-6-5-10(11)8-13-3/h9-10,12H,4-8H2,1-3H3. The van der Waals surface area contributed by atoms with Gasteiger partial charge in [-0.25, -0.2) is 0 Å². The van der Waals surface area contributed by atoms with Gasteiger partial charge in [-0.05, 0) is 25.4 Å². The van der Waals surface area contributed by atoms with Crippen LogP contribution in [0.15, 0.2) is 0 Å². The Hall–Kier alpha value is 0.210. The zero-order valence-electron chi connectivity index (χ0n) is 8.98. The molecule has 0 aromatic rings. The summed E-state index contributed by atoms with van der Waals surface area (Å²) in [7, 11) is 1.68. The quantitative estimate of drug-likeness (QED) is 0.487. The molecule has 0 amide bonds. The van der Waals surface area contributed by atoms with Crippen LogP contribution in [0.3, 0.4) is 0 Å². The third kappa shape index (κ3) is 8.54. The van der Waals surface area contributed by atoms with Crippen molar-refractivity contribution >= 4 is 11.6 Å². The van der Waals surface area contributed by atoms with Crippen LogP contribution in [0.4, 0.5) is 0 Å². The van der Waals surface area contributed by atoms with E-state index >= 15 is 0 Å². The minimum absolute atomic E-state index is 0.148. The predicted octanol–water partition coefficient (Wildman–Crippen LogP) is 2.27. The van der Waals surface area contributed by atoms with E-state index in [2.05, 4.69) is 19.2 Å². The van der Waals surface area contributed by atoms with Gasteiger partial charge in [0.1, 0.15) is 0 Å². The lowest BCUT2D eigenvalue weighted by molar-refractivity contribution is 0.195. The van der Waals surface area contributed by atoms with Crippen molar-refractivity contribution in [2.45, 2.75) is 32.1 Å². The summed E-state index contributed by atoms with van der Waals surface area (Å²) in [5, 5.41) is 3.53. The molecule has 0 saturated carbocycles. The molecule has 0 spiro atoms. The van der Waals surface area contributed by atoms with Crippen molar-refractivity contribution in [3.63, 3.8) is 0 Å². The van der Waals surface area contributed by atoms with Gasteiger partial charge in [-0.15, -0.1) is 11.6 Å². The van der Waals surface area contributed by atoms with Crippen molar-refractivity contribution in [2.75, 3.05) is 26.8 Å². The summed E-state index contributed by atoms with van der Waals surface area (Å²) in [5.74, 6) is 0.760. The van der Waals surface area contributed by atoms with Crippen LogP contribution in [-0.2, 0) is 4.74 Å². The van der Waals surface area contributed by atoms with Gasteiger partial charge in [0.2, 0.25) is 0 Å². The first-order valence-electron chi connectivity index (χ1n) is 5.04. The number of nitrogens with one attached hydrogen (secondary N) is 1. The zero-order valence-corrected chi connectivity index (χ0v) is 9.73. The van der Waals surface area contributed by atoms with Crippen LogP contribution in [0, 0.1) is 5.92 Å². The first-order valence-corrected chi connectivity index (χ1v) is 5.48. The Morgan fingerprint density at radius 2 is 2.15 bits per heavy atom. The second-order valence-corrected chi connectivity index (χ2v) is 4.18. The maximum Gasteiger partial charge on any atom is 0.0626 e. The summed E-state index contributed by atoms with van der Waals surface area (Å²) in [5.41, 5.74) is 0. The van der Waals surface area contributed by atoms with Crippen molar-refractivity contribution in [1.82, 2.24) is 5.32 Å². The summed E-state index contributed by atoms with van der Waals surface area (Å²) >= 11 is 5.97. The van der Waals surface area contributed by atoms with E-state index in [-0.39, 0.29) is 5.38 Å². The van der Waals surface area contributed by atoms with E-state index in [1.54, 1.807) is 7.11 Å². The van der Waals surface area contributed by atoms with Crippen LogP contribution >= 0.6 is 11.6 Å². The molecule has 2 unspecified atom stereocenters. The topological polar surface area (TPSA) is 21.3 Å². The Balaban J connectivity index is 3.15. The highest BCUT2D eigenvalue weighted by molar-refractivity contribution is 6.20. The normalized spacial score (nSPS) is 15.7. The SMILES string of the molecule is CCC(C)CNCCC(Cl)COC. The molecule has 13 heavy (non-hydrogen) atoms. The van der Waals surface area contributed by atoms with Crippen LogP contribution in [0.5, 0.6) is 0 Å². The summed E-state index contributed by atoms with van der Waals surface area (Å²) < 4.78 is 4.94. The van der Waals surface area contributed by atoms with E-state index in [1.165, 1.54) is 6.42 Å². The van der Waals surface area contributed by atoms with Crippen molar-refractivity contribution in [2.24, 2.45) is 5.92 Å². The van der Waals surface area contributed by atoms with E-state index in [0.717, 1.165) is 25.4 Å². The lowest BCUT2D eigenvalue weighted by atomic mass is 10.1. The fourth-order valence-corrected chi connectivity index (χ4v) is 1.25. The average Bonchev–Trinajstić information content (AvgIpc) is 2.12. The van der Waals surface area contributed by atoms with Crippen LogP contribution in [0.25, 0.3) is 0 Å². The minimum Gasteiger partial charge on any atom is -0.383 e. The molecule has 2 atom stereocenters. The Labute approximate surface area is 87.0 Å². The highest BCUT2D eigenvalue weighted by atomic mass is 35.5. The second kappa shape index (κ2) is 8.79. The first kappa shape index (κ1) is 13.2. The molecular formula is C10H22ClNO. The highest BCUT2D eigenvalue weighted by Gasteiger charge is 2.03. The average molecular weight is 208 g/mol. The molecule has 0 fully saturated rings. The zero-order chi connectivity index (χ0) is 10.1. The minimum atomic E-state index is 0.148. The Morgan fingerprint density at radius 3 is 2.69 bits per heavy atom. The fraction of sp³-hybridized carbons (Fsp3) is 1.00. The molecule has 80 valence electrons. The first-order chi connectivity index (χ1) is 6.20. The number of methoxy groups -OCH3 is 1. The van der Waals surface area contributed by atoms with Crippen molar-refractivity contribution < 1.29 is 4.74 Å². The third-order valence-electron chi connectivity index (χ3n) is 2.17. The molecule has 0 bridgehead atoms. The van der Waals surface area contributed by atoms with Crippen LogP contribution in [-0.4, -0.2) is 32.2 Å². The molecule has 0 aromatic carbocycles. The maximum absolute atomic E-state index is 5.97. The molecule has 0 aliphatic carbocycles. The molecule has 0 aromatic heterocycles. The fourth-order valence-electron chi connectivity index (χ4n) is 1.02. The van der Waals surface area contributed by atoms with Crippen molar-refractivity contribution in [1.29, 1.82) is 0 Å². The highest BCUT2D eigenvalue weighted by Crippen LogP contribution is 2.01. The lowest BCUT2D eigenvalue weighted by Gasteiger charge is -2.11. The van der Waals surface area contributed by atoms with E-state index < -0.39 is 0 Å². The number of ether oxygens (including phenoxy) is 1. The van der Waals surface area contributed by atoms with Gasteiger partial charge in [-0.1, -0.05) is 20.3 Å². The van der Waals surface area contributed by atoms with E-state index in [9.17, 15) is 0 Å². The molecular weight excluding hydrogens is 186 g/mol. The van der Waals surface area contributed by atoms with Gasteiger partial charge < -0.3 is 10.1 Å². The van der Waals surface area contributed by atoms with Gasteiger partial charge in [-0.2, -0.15) is 0 Å². The molecule has 0 saturated heterocycles. The molecule has 0 heterocycles. The van der Waals surface area contributed by atoms with Crippen molar-refractivity contribution in [3.8, 4) is 0 Å². The van der Waals surface area contributed by atoms with Gasteiger partial charge in [0.25, 0.3) is 0 Å².